The summed E-state index contributed by atoms with van der Waals surface area (Å²) in [6.07, 6.45) is 2.28. The van der Waals surface area contributed by atoms with E-state index < -0.39 is 0 Å². The van der Waals surface area contributed by atoms with E-state index in [9.17, 15) is 4.79 Å². The first-order chi connectivity index (χ1) is 12.0. The molecule has 4 rings (SSSR count). The molecule has 1 atom stereocenters. The third-order valence-electron chi connectivity index (χ3n) is 4.73. The second-order valence-electron chi connectivity index (χ2n) is 6.46. The number of aromatic nitrogens is 2. The highest BCUT2D eigenvalue weighted by atomic mass is 35.5. The van der Waals surface area contributed by atoms with E-state index in [1.54, 1.807) is 4.68 Å². The van der Waals surface area contributed by atoms with Gasteiger partial charge in [-0.2, -0.15) is 5.10 Å². The van der Waals surface area contributed by atoms with Gasteiger partial charge in [0.1, 0.15) is 5.82 Å². The summed E-state index contributed by atoms with van der Waals surface area (Å²) in [7, 11) is 0. The summed E-state index contributed by atoms with van der Waals surface area (Å²) < 4.78 is 1.77. The maximum atomic E-state index is 12.3. The number of carbonyl (C=O) groups is 1. The maximum absolute atomic E-state index is 12.3. The van der Waals surface area contributed by atoms with Crippen LogP contribution in [-0.4, -0.2) is 15.7 Å². The Morgan fingerprint density at radius 2 is 2.00 bits per heavy atom. The highest BCUT2D eigenvalue weighted by Crippen LogP contribution is 2.38. The average Bonchev–Trinajstić information content (AvgIpc) is 3.00. The highest BCUT2D eigenvalue weighted by Gasteiger charge is 2.30. The molecule has 5 heteroatoms. The van der Waals surface area contributed by atoms with Crippen molar-refractivity contribution >= 4 is 23.3 Å². The van der Waals surface area contributed by atoms with Crippen molar-refractivity contribution in [1.82, 2.24) is 9.78 Å². The van der Waals surface area contributed by atoms with Crippen molar-refractivity contribution in [3.63, 3.8) is 0 Å². The van der Waals surface area contributed by atoms with Gasteiger partial charge in [0.15, 0.2) is 0 Å². The molecule has 0 saturated carbocycles. The van der Waals surface area contributed by atoms with Crippen molar-refractivity contribution in [2.24, 2.45) is 0 Å². The molecule has 1 N–H and O–H groups in total. The van der Waals surface area contributed by atoms with Crippen LogP contribution in [0.1, 0.15) is 34.6 Å². The summed E-state index contributed by atoms with van der Waals surface area (Å²) in [4.78, 5) is 12.3. The first kappa shape index (κ1) is 15.9. The molecule has 1 aliphatic heterocycles. The third kappa shape index (κ3) is 2.72. The van der Waals surface area contributed by atoms with Gasteiger partial charge in [-0.1, -0.05) is 47.5 Å². The molecular weight excluding hydrogens is 334 g/mol. The Bertz CT molecular complexity index is 977. The molecule has 0 bridgehead atoms. The first-order valence-electron chi connectivity index (χ1n) is 8.24. The number of anilines is 1. The van der Waals surface area contributed by atoms with Crippen LogP contribution in [0.25, 0.3) is 5.69 Å². The van der Waals surface area contributed by atoms with Crippen molar-refractivity contribution in [3.05, 3.63) is 75.9 Å². The van der Waals surface area contributed by atoms with Gasteiger partial charge in [0.2, 0.25) is 5.91 Å². The molecule has 3 aromatic rings. The van der Waals surface area contributed by atoms with Gasteiger partial charge in [-0.05, 0) is 37.1 Å². The minimum absolute atomic E-state index is 0.000405. The second kappa shape index (κ2) is 6.05. The van der Waals surface area contributed by atoms with Gasteiger partial charge in [0.25, 0.3) is 0 Å². The molecule has 25 heavy (non-hydrogen) atoms. The van der Waals surface area contributed by atoms with Crippen LogP contribution >= 0.6 is 11.6 Å². The van der Waals surface area contributed by atoms with E-state index >= 15 is 0 Å². The fourth-order valence-electron chi connectivity index (χ4n) is 3.41. The molecule has 0 saturated heterocycles. The van der Waals surface area contributed by atoms with Gasteiger partial charge >= 0.3 is 0 Å². The normalized spacial score (nSPS) is 16.4. The fourth-order valence-corrected chi connectivity index (χ4v) is 3.58. The summed E-state index contributed by atoms with van der Waals surface area (Å²) in [6.45, 7) is 4.01. The summed E-state index contributed by atoms with van der Waals surface area (Å²) in [5, 5.41) is 8.21. The van der Waals surface area contributed by atoms with Crippen molar-refractivity contribution in [2.45, 2.75) is 26.2 Å². The molecule has 1 aromatic heterocycles. The molecule has 2 aromatic carbocycles. The lowest BCUT2D eigenvalue weighted by Crippen LogP contribution is -2.24. The minimum Gasteiger partial charge on any atom is -0.310 e. The SMILES string of the molecule is Cc1cccc([C@@H]2CC(=O)Nc3c2cnn3-c2cccc(Cl)c2C)c1. The van der Waals surface area contributed by atoms with Crippen LogP contribution in [0.3, 0.4) is 0 Å². The van der Waals surface area contributed by atoms with E-state index in [-0.39, 0.29) is 11.8 Å². The number of halogens is 1. The Morgan fingerprint density at radius 3 is 2.80 bits per heavy atom. The largest absolute Gasteiger partial charge is 0.310 e. The Morgan fingerprint density at radius 1 is 1.20 bits per heavy atom. The first-order valence-corrected chi connectivity index (χ1v) is 8.62. The van der Waals surface area contributed by atoms with Crippen LogP contribution in [0.15, 0.2) is 48.7 Å². The number of nitrogens with one attached hydrogen (secondary N) is 1. The summed E-state index contributed by atoms with van der Waals surface area (Å²) in [5.74, 6) is 0.741. The second-order valence-corrected chi connectivity index (χ2v) is 6.87. The molecule has 1 aliphatic rings. The molecule has 4 nitrogen and oxygen atoms in total. The minimum atomic E-state index is 0.000405. The van der Waals surface area contributed by atoms with Gasteiger partial charge in [-0.3, -0.25) is 4.79 Å². The highest BCUT2D eigenvalue weighted by molar-refractivity contribution is 6.31. The lowest BCUT2D eigenvalue weighted by atomic mass is 9.87. The molecule has 0 spiro atoms. The van der Waals surface area contributed by atoms with Crippen molar-refractivity contribution in [2.75, 3.05) is 5.32 Å². The Kier molecular flexibility index (Phi) is 3.85. The Labute approximate surface area is 151 Å². The van der Waals surface area contributed by atoms with Gasteiger partial charge < -0.3 is 5.32 Å². The standard InChI is InChI=1S/C20H18ClN3O/c1-12-5-3-6-14(9-12)15-10-19(25)23-20-16(15)11-22-24(20)18-8-4-7-17(21)13(18)2/h3-9,11,15H,10H2,1-2H3,(H,23,25)/t15-/m0/s1. The van der Waals surface area contributed by atoms with E-state index in [0.717, 1.165) is 28.2 Å². The molecular formula is C20H18ClN3O. The summed E-state index contributed by atoms with van der Waals surface area (Å²) >= 11 is 6.26. The molecule has 126 valence electrons. The predicted octanol–water partition coefficient (Wildman–Crippen LogP) is 4.62. The number of hydrogen-bond donors (Lipinski definition) is 1. The fraction of sp³-hybridized carbons (Fsp3) is 0.200. The van der Waals surface area contributed by atoms with Crippen LogP contribution in [0.5, 0.6) is 0 Å². The molecule has 2 heterocycles. The number of carbonyl (C=O) groups excluding carboxylic acids is 1. The average molecular weight is 352 g/mol. The number of hydrogen-bond acceptors (Lipinski definition) is 2. The van der Waals surface area contributed by atoms with Crippen LogP contribution in [0.2, 0.25) is 5.02 Å². The number of benzene rings is 2. The van der Waals surface area contributed by atoms with Crippen LogP contribution in [0, 0.1) is 13.8 Å². The van der Waals surface area contributed by atoms with Gasteiger partial charge in [0, 0.05) is 22.9 Å². The molecule has 0 unspecified atom stereocenters. The van der Waals surface area contributed by atoms with E-state index in [4.69, 9.17) is 11.6 Å². The summed E-state index contributed by atoms with van der Waals surface area (Å²) in [6, 6.07) is 14.0. The topological polar surface area (TPSA) is 46.9 Å². The van der Waals surface area contributed by atoms with E-state index in [1.165, 1.54) is 5.56 Å². The Hall–Kier alpha value is -2.59. The monoisotopic (exact) mass is 351 g/mol. The molecule has 1 amide bonds. The summed E-state index contributed by atoms with van der Waals surface area (Å²) in [5.41, 5.74) is 5.16. The lowest BCUT2D eigenvalue weighted by molar-refractivity contribution is -0.116. The zero-order valence-electron chi connectivity index (χ0n) is 14.1. The Balaban J connectivity index is 1.86. The molecule has 0 radical (unpaired) electrons. The van der Waals surface area contributed by atoms with E-state index in [2.05, 4.69) is 35.5 Å². The lowest BCUT2D eigenvalue weighted by Gasteiger charge is -2.24. The van der Waals surface area contributed by atoms with E-state index in [0.29, 0.717) is 11.4 Å². The zero-order valence-corrected chi connectivity index (χ0v) is 14.8. The molecule has 0 fully saturated rings. The number of aryl methyl sites for hydroxylation is 1. The third-order valence-corrected chi connectivity index (χ3v) is 5.14. The van der Waals surface area contributed by atoms with Crippen LogP contribution in [0.4, 0.5) is 5.82 Å². The van der Waals surface area contributed by atoms with E-state index in [1.807, 2.05) is 37.4 Å². The van der Waals surface area contributed by atoms with Gasteiger partial charge in [0.05, 0.1) is 11.9 Å². The number of fused-ring (bicyclic) bond motifs is 1. The van der Waals surface area contributed by atoms with Gasteiger partial charge in [-0.25, -0.2) is 4.68 Å². The van der Waals surface area contributed by atoms with Crippen LogP contribution < -0.4 is 5.32 Å². The smallest absolute Gasteiger partial charge is 0.226 e. The number of rotatable bonds is 2. The van der Waals surface area contributed by atoms with Crippen molar-refractivity contribution < 1.29 is 4.79 Å². The number of amides is 1. The number of nitrogens with zero attached hydrogens (tertiary/aromatic N) is 2. The molecule has 0 aliphatic carbocycles. The van der Waals surface area contributed by atoms with Crippen molar-refractivity contribution in [1.29, 1.82) is 0 Å². The maximum Gasteiger partial charge on any atom is 0.226 e. The predicted molar refractivity (Wildman–Crippen MR) is 99.6 cm³/mol. The van der Waals surface area contributed by atoms with Gasteiger partial charge in [-0.15, -0.1) is 0 Å². The zero-order chi connectivity index (χ0) is 17.6. The van der Waals surface area contributed by atoms with Crippen molar-refractivity contribution in [3.8, 4) is 5.69 Å². The van der Waals surface area contributed by atoms with Crippen LogP contribution in [-0.2, 0) is 4.79 Å². The quantitative estimate of drug-likeness (QED) is 0.732.